The number of hydrogen-bond donors (Lipinski definition) is 2. The molecule has 0 aliphatic carbocycles. The molecule has 1 aliphatic heterocycles. The molecule has 1 rings (SSSR count). The molecular weight excluding hydrogens is 220 g/mol. The van der Waals surface area contributed by atoms with Gasteiger partial charge in [-0.1, -0.05) is 13.8 Å². The van der Waals surface area contributed by atoms with E-state index in [2.05, 4.69) is 5.32 Å². The summed E-state index contributed by atoms with van der Waals surface area (Å²) in [5.41, 5.74) is 0. The molecule has 0 radical (unpaired) electrons. The van der Waals surface area contributed by atoms with Crippen molar-refractivity contribution in [2.45, 2.75) is 39.2 Å². The van der Waals surface area contributed by atoms with Crippen molar-refractivity contribution in [3.63, 3.8) is 0 Å². The minimum Gasteiger partial charge on any atom is -0.396 e. The predicted octanol–water partition coefficient (Wildman–Crippen LogP) is 0.132. The van der Waals surface area contributed by atoms with Gasteiger partial charge in [-0.05, 0) is 18.8 Å². The van der Waals surface area contributed by atoms with Crippen LogP contribution in [0.1, 0.15) is 33.1 Å². The van der Waals surface area contributed by atoms with E-state index in [4.69, 9.17) is 5.11 Å². The monoisotopic (exact) mass is 242 g/mol. The first-order chi connectivity index (χ1) is 8.10. The fraction of sp³-hybridized carbons (Fsp3) is 0.833. The van der Waals surface area contributed by atoms with Gasteiger partial charge in [-0.15, -0.1) is 0 Å². The van der Waals surface area contributed by atoms with Gasteiger partial charge in [-0.2, -0.15) is 0 Å². The molecule has 0 aromatic rings. The second kappa shape index (κ2) is 6.59. The lowest BCUT2D eigenvalue weighted by molar-refractivity contribution is -0.137. The van der Waals surface area contributed by atoms with Crippen molar-refractivity contribution in [2.24, 2.45) is 5.92 Å². The Morgan fingerprint density at radius 3 is 2.76 bits per heavy atom. The molecule has 0 aromatic carbocycles. The van der Waals surface area contributed by atoms with Gasteiger partial charge in [-0.3, -0.25) is 9.59 Å². The number of nitrogens with one attached hydrogen (secondary N) is 1. The Morgan fingerprint density at radius 2 is 2.29 bits per heavy atom. The van der Waals surface area contributed by atoms with Crippen LogP contribution in [0.2, 0.25) is 0 Å². The quantitative estimate of drug-likeness (QED) is 0.695. The number of aliphatic hydroxyl groups is 1. The van der Waals surface area contributed by atoms with Crippen molar-refractivity contribution < 1.29 is 14.7 Å². The largest absolute Gasteiger partial charge is 0.396 e. The highest BCUT2D eigenvalue weighted by Gasteiger charge is 2.31. The molecule has 2 N–H and O–H groups in total. The van der Waals surface area contributed by atoms with Crippen LogP contribution in [0.15, 0.2) is 0 Å². The normalized spacial score (nSPS) is 19.2. The number of carbonyl (C=O) groups excluding carboxylic acids is 2. The first-order valence-electron chi connectivity index (χ1n) is 6.28. The van der Waals surface area contributed by atoms with Gasteiger partial charge in [0.1, 0.15) is 6.04 Å². The Morgan fingerprint density at radius 1 is 1.59 bits per heavy atom. The van der Waals surface area contributed by atoms with Gasteiger partial charge in [0.15, 0.2) is 0 Å². The first kappa shape index (κ1) is 14.0. The highest BCUT2D eigenvalue weighted by Crippen LogP contribution is 2.15. The molecule has 0 bridgehead atoms. The van der Waals surface area contributed by atoms with Crippen LogP contribution in [0.4, 0.5) is 0 Å². The van der Waals surface area contributed by atoms with E-state index in [1.807, 2.05) is 13.8 Å². The number of carbonyl (C=O) groups is 2. The van der Waals surface area contributed by atoms with Crippen LogP contribution in [0.5, 0.6) is 0 Å². The predicted molar refractivity (Wildman–Crippen MR) is 64.3 cm³/mol. The van der Waals surface area contributed by atoms with E-state index in [1.165, 1.54) is 0 Å². The van der Waals surface area contributed by atoms with E-state index in [9.17, 15) is 9.59 Å². The van der Waals surface area contributed by atoms with Crippen LogP contribution in [-0.4, -0.2) is 47.6 Å². The average Bonchev–Trinajstić information content (AvgIpc) is 2.73. The zero-order chi connectivity index (χ0) is 12.8. The standard InChI is InChI=1S/C12H22N2O3/c1-3-10(14-6-4-5-11(14)16)12(17)13-7-9(2)8-15/h9-10,15H,3-8H2,1-2H3,(H,13,17). The molecule has 1 fully saturated rings. The van der Waals surface area contributed by atoms with E-state index >= 15 is 0 Å². The highest BCUT2D eigenvalue weighted by atomic mass is 16.3. The lowest BCUT2D eigenvalue weighted by Crippen LogP contribution is -2.48. The van der Waals surface area contributed by atoms with E-state index in [0.29, 0.717) is 25.9 Å². The number of amides is 2. The third-order valence-corrected chi connectivity index (χ3v) is 3.11. The Labute approximate surface area is 102 Å². The molecule has 5 nitrogen and oxygen atoms in total. The maximum Gasteiger partial charge on any atom is 0.242 e. The second-order valence-corrected chi connectivity index (χ2v) is 4.65. The van der Waals surface area contributed by atoms with Crippen molar-refractivity contribution in [1.29, 1.82) is 0 Å². The molecule has 5 heteroatoms. The average molecular weight is 242 g/mol. The minimum absolute atomic E-state index is 0.0470. The zero-order valence-electron chi connectivity index (χ0n) is 10.6. The van der Waals surface area contributed by atoms with E-state index in [0.717, 1.165) is 6.42 Å². The fourth-order valence-corrected chi connectivity index (χ4v) is 2.00. The topological polar surface area (TPSA) is 69.6 Å². The molecule has 17 heavy (non-hydrogen) atoms. The molecular formula is C12H22N2O3. The maximum atomic E-state index is 11.9. The molecule has 2 atom stereocenters. The Kier molecular flexibility index (Phi) is 5.41. The lowest BCUT2D eigenvalue weighted by atomic mass is 10.1. The van der Waals surface area contributed by atoms with Gasteiger partial charge in [0.05, 0.1) is 0 Å². The lowest BCUT2D eigenvalue weighted by Gasteiger charge is -2.26. The number of rotatable bonds is 6. The molecule has 0 aromatic heterocycles. The Hall–Kier alpha value is -1.10. The van der Waals surface area contributed by atoms with Crippen LogP contribution >= 0.6 is 0 Å². The summed E-state index contributed by atoms with van der Waals surface area (Å²) in [5.74, 6) is 0.0102. The molecule has 0 saturated carbocycles. The zero-order valence-corrected chi connectivity index (χ0v) is 10.6. The molecule has 1 aliphatic rings. The number of likely N-dealkylation sites (tertiary alicyclic amines) is 1. The van der Waals surface area contributed by atoms with Gasteiger partial charge in [-0.25, -0.2) is 0 Å². The molecule has 1 heterocycles. The van der Waals surface area contributed by atoms with Gasteiger partial charge in [0, 0.05) is 26.1 Å². The number of hydrogen-bond acceptors (Lipinski definition) is 3. The summed E-state index contributed by atoms with van der Waals surface area (Å²) in [7, 11) is 0. The Bertz CT molecular complexity index is 281. The SMILES string of the molecule is CCC(C(=O)NCC(C)CO)N1CCCC1=O. The molecule has 0 spiro atoms. The first-order valence-corrected chi connectivity index (χ1v) is 6.28. The van der Waals surface area contributed by atoms with Crippen LogP contribution in [0.3, 0.4) is 0 Å². The van der Waals surface area contributed by atoms with Crippen molar-refractivity contribution in [1.82, 2.24) is 10.2 Å². The minimum atomic E-state index is -0.351. The number of aliphatic hydroxyl groups excluding tert-OH is 1. The summed E-state index contributed by atoms with van der Waals surface area (Å²) in [4.78, 5) is 25.2. The van der Waals surface area contributed by atoms with Gasteiger partial charge in [0.2, 0.25) is 11.8 Å². The second-order valence-electron chi connectivity index (χ2n) is 4.65. The van der Waals surface area contributed by atoms with Crippen molar-refractivity contribution in [3.05, 3.63) is 0 Å². The summed E-state index contributed by atoms with van der Waals surface area (Å²) in [5, 5.41) is 11.7. The smallest absolute Gasteiger partial charge is 0.242 e. The fourth-order valence-electron chi connectivity index (χ4n) is 2.00. The third-order valence-electron chi connectivity index (χ3n) is 3.11. The van der Waals surface area contributed by atoms with Crippen molar-refractivity contribution >= 4 is 11.8 Å². The number of nitrogens with zero attached hydrogens (tertiary/aromatic N) is 1. The molecule has 98 valence electrons. The summed E-state index contributed by atoms with van der Waals surface area (Å²) in [6.45, 7) is 4.96. The van der Waals surface area contributed by atoms with Crippen molar-refractivity contribution in [3.8, 4) is 0 Å². The van der Waals surface area contributed by atoms with Crippen LogP contribution in [0.25, 0.3) is 0 Å². The van der Waals surface area contributed by atoms with Gasteiger partial charge >= 0.3 is 0 Å². The maximum absolute atomic E-state index is 11.9. The van der Waals surface area contributed by atoms with Crippen LogP contribution in [-0.2, 0) is 9.59 Å². The van der Waals surface area contributed by atoms with Crippen LogP contribution in [0, 0.1) is 5.92 Å². The van der Waals surface area contributed by atoms with E-state index in [-0.39, 0.29) is 30.4 Å². The van der Waals surface area contributed by atoms with E-state index in [1.54, 1.807) is 4.90 Å². The molecule has 2 unspecified atom stereocenters. The summed E-state index contributed by atoms with van der Waals surface area (Å²) in [6, 6.07) is -0.351. The summed E-state index contributed by atoms with van der Waals surface area (Å²) >= 11 is 0. The van der Waals surface area contributed by atoms with Crippen molar-refractivity contribution in [2.75, 3.05) is 19.7 Å². The molecule has 2 amide bonds. The molecule has 1 saturated heterocycles. The third kappa shape index (κ3) is 3.70. The van der Waals surface area contributed by atoms with E-state index < -0.39 is 0 Å². The van der Waals surface area contributed by atoms with Crippen LogP contribution < -0.4 is 5.32 Å². The van der Waals surface area contributed by atoms with Gasteiger partial charge < -0.3 is 15.3 Å². The Balaban J connectivity index is 2.49. The highest BCUT2D eigenvalue weighted by molar-refractivity contribution is 5.88. The van der Waals surface area contributed by atoms with Gasteiger partial charge in [0.25, 0.3) is 0 Å². The summed E-state index contributed by atoms with van der Waals surface area (Å²) < 4.78 is 0. The summed E-state index contributed by atoms with van der Waals surface area (Å²) in [6.07, 6.45) is 2.03.